The van der Waals surface area contributed by atoms with E-state index in [-0.39, 0.29) is 5.91 Å². The number of nitrogens with zero attached hydrogens (tertiary/aromatic N) is 4. The van der Waals surface area contributed by atoms with Gasteiger partial charge in [0.1, 0.15) is 0 Å². The molecule has 0 N–H and O–H groups in total. The van der Waals surface area contributed by atoms with Crippen molar-refractivity contribution in [3.8, 4) is 0 Å². The molecular weight excluding hydrogens is 380 g/mol. The van der Waals surface area contributed by atoms with Crippen LogP contribution in [0.1, 0.15) is 33.5 Å². The number of hydrogen-bond acceptors (Lipinski definition) is 4. The fraction of sp³-hybridized carbons (Fsp3) is 0.261. The quantitative estimate of drug-likeness (QED) is 0.446. The maximum Gasteiger partial charge on any atom is 0.260 e. The zero-order chi connectivity index (χ0) is 20.4. The van der Waals surface area contributed by atoms with Crippen molar-refractivity contribution in [3.05, 3.63) is 77.4 Å². The average molecular weight is 405 g/mol. The van der Waals surface area contributed by atoms with E-state index < -0.39 is 0 Å². The number of hydrogen-bond donors (Lipinski definition) is 0. The molecule has 2 heterocycles. The maximum atomic E-state index is 13.5. The van der Waals surface area contributed by atoms with Crippen LogP contribution in [0.3, 0.4) is 0 Å². The van der Waals surface area contributed by atoms with Crippen LogP contribution in [0.4, 0.5) is 5.13 Å². The van der Waals surface area contributed by atoms with Crippen molar-refractivity contribution in [1.29, 1.82) is 0 Å². The van der Waals surface area contributed by atoms with Gasteiger partial charge in [-0.15, -0.1) is 0 Å². The number of fused-ring (bicyclic) bond motifs is 1. The molecule has 2 aromatic carbocycles. The van der Waals surface area contributed by atoms with Crippen LogP contribution in [0, 0.1) is 20.8 Å². The molecule has 0 aliphatic carbocycles. The predicted octanol–water partition coefficient (Wildman–Crippen LogP) is 5.16. The number of aryl methyl sites for hydroxylation is 4. The molecule has 0 unspecified atom stereocenters. The monoisotopic (exact) mass is 404 g/mol. The summed E-state index contributed by atoms with van der Waals surface area (Å²) in [6.45, 7) is 7.52. The van der Waals surface area contributed by atoms with Crippen molar-refractivity contribution in [3.63, 3.8) is 0 Å². The summed E-state index contributed by atoms with van der Waals surface area (Å²) in [6, 6.07) is 12.2. The first-order valence-electron chi connectivity index (χ1n) is 9.73. The molecule has 0 aliphatic rings. The fourth-order valence-corrected chi connectivity index (χ4v) is 4.59. The highest BCUT2D eigenvalue weighted by molar-refractivity contribution is 7.22. The Hall–Kier alpha value is -2.99. The Bertz CT molecular complexity index is 1130. The zero-order valence-corrected chi connectivity index (χ0v) is 17.7. The van der Waals surface area contributed by atoms with Gasteiger partial charge >= 0.3 is 0 Å². The molecule has 0 saturated carbocycles. The molecule has 1 amide bonds. The lowest BCUT2D eigenvalue weighted by molar-refractivity contribution is 0.0986. The molecule has 5 nitrogen and oxygen atoms in total. The Balaban J connectivity index is 1.65. The first-order valence-corrected chi connectivity index (χ1v) is 10.5. The van der Waals surface area contributed by atoms with E-state index in [9.17, 15) is 4.79 Å². The second-order valence-electron chi connectivity index (χ2n) is 7.45. The minimum Gasteiger partial charge on any atom is -0.337 e. The second-order valence-corrected chi connectivity index (χ2v) is 8.46. The first kappa shape index (κ1) is 19.3. The molecule has 29 heavy (non-hydrogen) atoms. The van der Waals surface area contributed by atoms with Crippen LogP contribution in [-0.4, -0.2) is 27.0 Å². The van der Waals surface area contributed by atoms with E-state index in [0.717, 1.165) is 39.4 Å². The number of amides is 1. The van der Waals surface area contributed by atoms with Crippen LogP contribution >= 0.6 is 11.3 Å². The molecule has 0 radical (unpaired) electrons. The van der Waals surface area contributed by atoms with Crippen LogP contribution in [-0.2, 0) is 6.54 Å². The van der Waals surface area contributed by atoms with Crippen LogP contribution in [0.15, 0.2) is 55.1 Å². The van der Waals surface area contributed by atoms with Gasteiger partial charge in [0.05, 0.1) is 16.5 Å². The van der Waals surface area contributed by atoms with Crippen molar-refractivity contribution in [2.75, 3.05) is 11.4 Å². The molecule has 0 aliphatic heterocycles. The van der Waals surface area contributed by atoms with Crippen LogP contribution in [0.5, 0.6) is 0 Å². The van der Waals surface area contributed by atoms with Crippen LogP contribution in [0.25, 0.3) is 10.2 Å². The Labute approximate surface area is 174 Å². The third-order valence-corrected chi connectivity index (χ3v) is 5.88. The van der Waals surface area contributed by atoms with Gasteiger partial charge in [-0.25, -0.2) is 9.97 Å². The molecule has 0 saturated heterocycles. The lowest BCUT2D eigenvalue weighted by Gasteiger charge is -2.20. The summed E-state index contributed by atoms with van der Waals surface area (Å²) in [7, 11) is 0. The third-order valence-electron chi connectivity index (χ3n) is 4.83. The molecule has 148 valence electrons. The second kappa shape index (κ2) is 8.17. The lowest BCUT2D eigenvalue weighted by Crippen LogP contribution is -2.32. The van der Waals surface area contributed by atoms with Gasteiger partial charge in [0.25, 0.3) is 5.91 Å². The standard InChI is InChI=1S/C23H24N4OS/c1-16-5-6-20-21(14-16)29-23(25-20)27(9-4-8-26-10-7-24-15-26)22(28)19-12-17(2)11-18(3)13-19/h5-7,10-15H,4,8-9H2,1-3H3. The van der Waals surface area contributed by atoms with Crippen LogP contribution < -0.4 is 4.90 Å². The predicted molar refractivity (Wildman–Crippen MR) is 119 cm³/mol. The third kappa shape index (κ3) is 4.38. The van der Waals surface area contributed by atoms with E-state index in [1.807, 2.05) is 47.7 Å². The minimum absolute atomic E-state index is 0.00166. The highest BCUT2D eigenvalue weighted by Gasteiger charge is 2.21. The molecular formula is C23H24N4OS. The van der Waals surface area contributed by atoms with Crippen molar-refractivity contribution in [2.45, 2.75) is 33.7 Å². The Morgan fingerprint density at radius 2 is 1.86 bits per heavy atom. The molecule has 4 rings (SSSR count). The van der Waals surface area contributed by atoms with E-state index in [1.54, 1.807) is 23.9 Å². The van der Waals surface area contributed by atoms with E-state index in [4.69, 9.17) is 4.98 Å². The van der Waals surface area contributed by atoms with Gasteiger partial charge in [-0.3, -0.25) is 9.69 Å². The Morgan fingerprint density at radius 3 is 2.59 bits per heavy atom. The summed E-state index contributed by atoms with van der Waals surface area (Å²) in [5.74, 6) is -0.00166. The molecule has 4 aromatic rings. The lowest BCUT2D eigenvalue weighted by atomic mass is 10.1. The normalized spacial score (nSPS) is 11.1. The molecule has 6 heteroatoms. The Morgan fingerprint density at radius 1 is 1.07 bits per heavy atom. The summed E-state index contributed by atoms with van der Waals surface area (Å²) < 4.78 is 3.13. The van der Waals surface area contributed by atoms with Gasteiger partial charge in [-0.1, -0.05) is 34.6 Å². The number of carbonyl (C=O) groups excluding carboxylic acids is 1. The number of carbonyl (C=O) groups is 1. The summed E-state index contributed by atoms with van der Waals surface area (Å²) in [5, 5.41) is 0.750. The number of imidazole rings is 1. The number of rotatable bonds is 6. The molecule has 2 aromatic heterocycles. The van der Waals surface area contributed by atoms with Gasteiger partial charge in [-0.2, -0.15) is 0 Å². The van der Waals surface area contributed by atoms with E-state index >= 15 is 0 Å². The van der Waals surface area contributed by atoms with E-state index in [1.165, 1.54) is 5.56 Å². The van der Waals surface area contributed by atoms with Gasteiger partial charge in [0, 0.05) is 31.0 Å². The smallest absolute Gasteiger partial charge is 0.260 e. The van der Waals surface area contributed by atoms with Crippen molar-refractivity contribution in [1.82, 2.24) is 14.5 Å². The van der Waals surface area contributed by atoms with Gasteiger partial charge in [-0.05, 0) is 57.0 Å². The van der Waals surface area contributed by atoms with E-state index in [0.29, 0.717) is 12.1 Å². The van der Waals surface area contributed by atoms with E-state index in [2.05, 4.69) is 30.1 Å². The SMILES string of the molecule is Cc1cc(C)cc(C(=O)N(CCCn2ccnc2)c2nc3ccc(C)cc3s2)c1. The highest BCUT2D eigenvalue weighted by atomic mass is 32.1. The molecule has 0 fully saturated rings. The van der Waals surface area contributed by atoms with Gasteiger partial charge in [0.15, 0.2) is 5.13 Å². The number of benzene rings is 2. The first-order chi connectivity index (χ1) is 14.0. The van der Waals surface area contributed by atoms with Gasteiger partial charge < -0.3 is 4.57 Å². The topological polar surface area (TPSA) is 51.0 Å². The van der Waals surface area contributed by atoms with Crippen molar-refractivity contribution < 1.29 is 4.79 Å². The average Bonchev–Trinajstić information content (AvgIpc) is 3.33. The molecule has 0 spiro atoms. The zero-order valence-electron chi connectivity index (χ0n) is 16.9. The minimum atomic E-state index is -0.00166. The Kier molecular flexibility index (Phi) is 5.45. The highest BCUT2D eigenvalue weighted by Crippen LogP contribution is 2.31. The van der Waals surface area contributed by atoms with Gasteiger partial charge in [0.2, 0.25) is 0 Å². The summed E-state index contributed by atoms with van der Waals surface area (Å²) >= 11 is 1.57. The largest absolute Gasteiger partial charge is 0.337 e. The number of thiazole rings is 1. The van der Waals surface area contributed by atoms with Crippen LogP contribution in [0.2, 0.25) is 0 Å². The number of anilines is 1. The fourth-order valence-electron chi connectivity index (χ4n) is 3.50. The number of aromatic nitrogens is 3. The maximum absolute atomic E-state index is 13.5. The van der Waals surface area contributed by atoms with Crippen molar-refractivity contribution in [2.24, 2.45) is 0 Å². The summed E-state index contributed by atoms with van der Waals surface area (Å²) in [5.41, 5.74) is 5.02. The summed E-state index contributed by atoms with van der Waals surface area (Å²) in [6.07, 6.45) is 6.34. The molecule has 0 bridgehead atoms. The molecule has 0 atom stereocenters. The summed E-state index contributed by atoms with van der Waals surface area (Å²) in [4.78, 5) is 24.1. The van der Waals surface area contributed by atoms with Crippen molar-refractivity contribution >= 4 is 32.6 Å².